The summed E-state index contributed by atoms with van der Waals surface area (Å²) in [5.74, 6) is -5.76. The summed E-state index contributed by atoms with van der Waals surface area (Å²) in [4.78, 5) is 11.2. The van der Waals surface area contributed by atoms with Crippen LogP contribution in [0.3, 0.4) is 0 Å². The molecule has 0 saturated carbocycles. The smallest absolute Gasteiger partial charge is 0.358 e. The number of rotatable bonds is 2. The molecule has 0 unspecified atom stereocenters. The Balaban J connectivity index is 2.49. The van der Waals surface area contributed by atoms with Gasteiger partial charge in [-0.25, -0.2) is 18.0 Å². The van der Waals surface area contributed by atoms with Crippen LogP contribution in [-0.2, 0) is 0 Å². The highest BCUT2D eigenvalue weighted by Gasteiger charge is 2.14. The van der Waals surface area contributed by atoms with Gasteiger partial charge in [-0.2, -0.15) is 9.90 Å². The molecule has 0 aliphatic heterocycles. The molecule has 1 heterocycles. The second kappa shape index (κ2) is 3.89. The van der Waals surface area contributed by atoms with Gasteiger partial charge in [0.05, 0.1) is 11.9 Å². The Bertz CT molecular complexity index is 574. The molecule has 5 nitrogen and oxygen atoms in total. The van der Waals surface area contributed by atoms with Crippen molar-refractivity contribution in [3.8, 4) is 5.69 Å². The molecule has 0 fully saturated rings. The molecule has 0 spiro atoms. The average Bonchev–Trinajstić information content (AvgIpc) is 2.74. The number of hydrogen-bond donors (Lipinski definition) is 1. The normalized spacial score (nSPS) is 10.5. The standard InChI is InChI=1S/C9H4F3N3O2/c10-5-1-4(2-6(11)8(5)12)15-13-3-7(14-15)9(16)17/h1-3H,(H,16,17). The van der Waals surface area contributed by atoms with E-state index < -0.39 is 29.1 Å². The molecule has 8 heteroatoms. The summed E-state index contributed by atoms with van der Waals surface area (Å²) in [5, 5.41) is 15.5. The fourth-order valence-corrected chi connectivity index (χ4v) is 1.14. The number of halogens is 3. The zero-order chi connectivity index (χ0) is 12.6. The van der Waals surface area contributed by atoms with Crippen LogP contribution >= 0.6 is 0 Å². The van der Waals surface area contributed by atoms with Gasteiger partial charge in [-0.1, -0.05) is 0 Å². The lowest BCUT2D eigenvalue weighted by Gasteiger charge is -2.01. The molecule has 17 heavy (non-hydrogen) atoms. The summed E-state index contributed by atoms with van der Waals surface area (Å²) >= 11 is 0. The molecule has 0 aliphatic rings. The lowest BCUT2D eigenvalue weighted by atomic mass is 10.3. The van der Waals surface area contributed by atoms with Crippen LogP contribution in [0.4, 0.5) is 13.2 Å². The summed E-state index contributed by atoms with van der Waals surface area (Å²) in [7, 11) is 0. The third kappa shape index (κ3) is 1.96. The fourth-order valence-electron chi connectivity index (χ4n) is 1.14. The van der Waals surface area contributed by atoms with Gasteiger partial charge in [-0.15, -0.1) is 5.10 Å². The van der Waals surface area contributed by atoms with Gasteiger partial charge in [0.25, 0.3) is 0 Å². The van der Waals surface area contributed by atoms with Gasteiger partial charge in [0.1, 0.15) is 0 Å². The molecule has 0 bridgehead atoms. The van der Waals surface area contributed by atoms with E-state index in [4.69, 9.17) is 5.11 Å². The minimum atomic E-state index is -1.61. The topological polar surface area (TPSA) is 68.0 Å². The number of carbonyl (C=O) groups is 1. The first-order valence-electron chi connectivity index (χ1n) is 4.29. The number of carboxylic acids is 1. The first-order valence-corrected chi connectivity index (χ1v) is 4.29. The van der Waals surface area contributed by atoms with Crippen molar-refractivity contribution < 1.29 is 23.1 Å². The number of carboxylic acid groups (broad SMARTS) is 1. The van der Waals surface area contributed by atoms with Crippen LogP contribution in [0.15, 0.2) is 18.3 Å². The molecule has 0 radical (unpaired) electrons. The monoisotopic (exact) mass is 243 g/mol. The van der Waals surface area contributed by atoms with Gasteiger partial charge < -0.3 is 5.11 Å². The maximum absolute atomic E-state index is 12.9. The summed E-state index contributed by atoms with van der Waals surface area (Å²) in [6, 6.07) is 1.31. The molecule has 0 amide bonds. The zero-order valence-electron chi connectivity index (χ0n) is 8.06. The number of hydrogen-bond acceptors (Lipinski definition) is 3. The van der Waals surface area contributed by atoms with E-state index in [9.17, 15) is 18.0 Å². The summed E-state index contributed by atoms with van der Waals surface area (Å²) in [5.41, 5.74) is -0.607. The first-order chi connectivity index (χ1) is 7.99. The highest BCUT2D eigenvalue weighted by molar-refractivity contribution is 5.84. The van der Waals surface area contributed by atoms with Crippen LogP contribution in [0.1, 0.15) is 10.5 Å². The van der Waals surface area contributed by atoms with Crippen molar-refractivity contribution in [2.45, 2.75) is 0 Å². The third-order valence-electron chi connectivity index (χ3n) is 1.91. The van der Waals surface area contributed by atoms with Crippen molar-refractivity contribution in [3.05, 3.63) is 41.5 Å². The van der Waals surface area contributed by atoms with E-state index in [1.165, 1.54) is 0 Å². The summed E-state index contributed by atoms with van der Waals surface area (Å²) in [6.45, 7) is 0. The van der Waals surface area contributed by atoms with Gasteiger partial charge in [-0.3, -0.25) is 0 Å². The zero-order valence-corrected chi connectivity index (χ0v) is 8.06. The molecule has 0 atom stereocenters. The Hall–Kier alpha value is -2.38. The van der Waals surface area contributed by atoms with E-state index in [0.717, 1.165) is 6.20 Å². The van der Waals surface area contributed by atoms with Crippen molar-refractivity contribution in [1.29, 1.82) is 0 Å². The molecular formula is C9H4F3N3O2. The molecule has 0 aliphatic carbocycles. The van der Waals surface area contributed by atoms with Gasteiger partial charge in [0.2, 0.25) is 0 Å². The Morgan fingerprint density at radius 3 is 2.29 bits per heavy atom. The largest absolute Gasteiger partial charge is 0.476 e. The summed E-state index contributed by atoms with van der Waals surface area (Å²) in [6.07, 6.45) is 0.904. The molecule has 0 saturated heterocycles. The third-order valence-corrected chi connectivity index (χ3v) is 1.91. The van der Waals surface area contributed by atoms with E-state index in [1.807, 2.05) is 0 Å². The van der Waals surface area contributed by atoms with Crippen LogP contribution in [0.25, 0.3) is 5.69 Å². The quantitative estimate of drug-likeness (QED) is 0.809. The second-order valence-electron chi connectivity index (χ2n) is 3.05. The van der Waals surface area contributed by atoms with Crippen LogP contribution < -0.4 is 0 Å². The van der Waals surface area contributed by atoms with Crippen molar-refractivity contribution in [2.75, 3.05) is 0 Å². The predicted molar refractivity (Wildman–Crippen MR) is 48.2 cm³/mol. The number of aromatic carboxylic acids is 1. The highest BCUT2D eigenvalue weighted by atomic mass is 19.2. The Morgan fingerprint density at radius 1 is 1.24 bits per heavy atom. The Labute approximate surface area is 92.1 Å². The number of aromatic nitrogens is 3. The molecule has 2 aromatic rings. The SMILES string of the molecule is O=C(O)c1cnn(-c2cc(F)c(F)c(F)c2)n1. The highest BCUT2D eigenvalue weighted by Crippen LogP contribution is 2.15. The lowest BCUT2D eigenvalue weighted by molar-refractivity contribution is 0.0690. The Morgan fingerprint density at radius 2 is 1.82 bits per heavy atom. The van der Waals surface area contributed by atoms with Gasteiger partial charge in [-0.05, 0) is 0 Å². The molecular weight excluding hydrogens is 239 g/mol. The fraction of sp³-hybridized carbons (Fsp3) is 0. The minimum Gasteiger partial charge on any atom is -0.476 e. The summed E-state index contributed by atoms with van der Waals surface area (Å²) < 4.78 is 38.4. The van der Waals surface area contributed by atoms with Crippen molar-refractivity contribution in [1.82, 2.24) is 15.0 Å². The van der Waals surface area contributed by atoms with Crippen LogP contribution in [0.5, 0.6) is 0 Å². The molecule has 1 N–H and O–H groups in total. The Kier molecular flexibility index (Phi) is 2.54. The maximum atomic E-state index is 12.9. The second-order valence-corrected chi connectivity index (χ2v) is 3.05. The van der Waals surface area contributed by atoms with E-state index in [1.54, 1.807) is 0 Å². The van der Waals surface area contributed by atoms with Crippen molar-refractivity contribution >= 4 is 5.97 Å². The van der Waals surface area contributed by atoms with Crippen LogP contribution in [-0.4, -0.2) is 26.1 Å². The molecule has 2 rings (SSSR count). The van der Waals surface area contributed by atoms with Crippen molar-refractivity contribution in [2.24, 2.45) is 0 Å². The number of benzene rings is 1. The van der Waals surface area contributed by atoms with E-state index in [0.29, 0.717) is 16.9 Å². The van der Waals surface area contributed by atoms with Gasteiger partial charge in [0.15, 0.2) is 23.1 Å². The van der Waals surface area contributed by atoms with Crippen molar-refractivity contribution in [3.63, 3.8) is 0 Å². The van der Waals surface area contributed by atoms with E-state index in [2.05, 4.69) is 10.2 Å². The van der Waals surface area contributed by atoms with Crippen LogP contribution in [0.2, 0.25) is 0 Å². The molecule has 88 valence electrons. The number of nitrogens with zero attached hydrogens (tertiary/aromatic N) is 3. The van der Waals surface area contributed by atoms with Gasteiger partial charge >= 0.3 is 5.97 Å². The van der Waals surface area contributed by atoms with Gasteiger partial charge in [0, 0.05) is 12.1 Å². The van der Waals surface area contributed by atoms with Crippen LogP contribution in [0, 0.1) is 17.5 Å². The average molecular weight is 243 g/mol. The predicted octanol–water partition coefficient (Wildman–Crippen LogP) is 1.38. The molecule has 1 aromatic heterocycles. The maximum Gasteiger partial charge on any atom is 0.358 e. The lowest BCUT2D eigenvalue weighted by Crippen LogP contribution is -2.04. The first kappa shape index (κ1) is 11.1. The van der Waals surface area contributed by atoms with E-state index in [-0.39, 0.29) is 5.69 Å². The van der Waals surface area contributed by atoms with E-state index >= 15 is 0 Å². The minimum absolute atomic E-state index is 0.214. The molecule has 1 aromatic carbocycles.